The summed E-state index contributed by atoms with van der Waals surface area (Å²) in [6.45, 7) is 8.29. The molecule has 1 amide bonds. The largest absolute Gasteiger partial charge is 0.384 e. The van der Waals surface area contributed by atoms with Crippen molar-refractivity contribution in [1.29, 1.82) is 0 Å². The van der Waals surface area contributed by atoms with Crippen LogP contribution in [0.4, 0.5) is 0 Å². The molecule has 1 aliphatic rings. The summed E-state index contributed by atoms with van der Waals surface area (Å²) in [7, 11) is 3.72. The van der Waals surface area contributed by atoms with Crippen LogP contribution in [-0.4, -0.2) is 38.1 Å². The Morgan fingerprint density at radius 1 is 1.30 bits per heavy atom. The van der Waals surface area contributed by atoms with Crippen LogP contribution in [0.3, 0.4) is 0 Å². The number of hydrogen-bond donors (Lipinski definition) is 0. The first kappa shape index (κ1) is 17.5. The zero-order valence-corrected chi connectivity index (χ0v) is 14.1. The van der Waals surface area contributed by atoms with E-state index in [1.54, 1.807) is 7.11 Å². The predicted molar refractivity (Wildman–Crippen MR) is 83.7 cm³/mol. The van der Waals surface area contributed by atoms with Crippen molar-refractivity contribution in [1.82, 2.24) is 4.90 Å². The second-order valence-corrected chi connectivity index (χ2v) is 7.21. The molecule has 0 aromatic carbocycles. The number of carbonyl (C=O) groups excluding carboxylic acids is 1. The van der Waals surface area contributed by atoms with Crippen molar-refractivity contribution in [2.75, 3.05) is 27.3 Å². The molecule has 0 aliphatic heterocycles. The molecule has 0 aromatic heterocycles. The second kappa shape index (κ2) is 8.02. The number of nitrogens with zero attached hydrogens (tertiary/aromatic N) is 1. The Morgan fingerprint density at radius 3 is 2.55 bits per heavy atom. The molecule has 3 nitrogen and oxygen atoms in total. The highest BCUT2D eigenvalue weighted by Crippen LogP contribution is 2.39. The first-order valence-electron chi connectivity index (χ1n) is 8.15. The normalized spacial score (nSPS) is 23.6. The van der Waals surface area contributed by atoms with Gasteiger partial charge in [-0.25, -0.2) is 0 Å². The van der Waals surface area contributed by atoms with Gasteiger partial charge in [0.2, 0.25) is 5.91 Å². The van der Waals surface area contributed by atoms with Crippen LogP contribution >= 0.6 is 0 Å². The highest BCUT2D eigenvalue weighted by atomic mass is 16.5. The van der Waals surface area contributed by atoms with E-state index >= 15 is 0 Å². The van der Waals surface area contributed by atoms with E-state index in [1.807, 2.05) is 11.9 Å². The fraction of sp³-hybridized carbons (Fsp3) is 0.941. The Hall–Kier alpha value is -0.570. The molecule has 1 saturated carbocycles. The minimum atomic E-state index is 0.165. The third-order valence-electron chi connectivity index (χ3n) is 4.51. The van der Waals surface area contributed by atoms with Gasteiger partial charge in [-0.05, 0) is 37.0 Å². The fourth-order valence-corrected chi connectivity index (χ4v) is 3.67. The van der Waals surface area contributed by atoms with Gasteiger partial charge in [-0.15, -0.1) is 0 Å². The standard InChI is InChI=1S/C17H33NO2/c1-6-11-18(4)16(19)15-10-8-7-9-14(15)12-17(2,3)13-20-5/h14-15H,6-13H2,1-5H3. The zero-order chi connectivity index (χ0) is 15.2. The second-order valence-electron chi connectivity index (χ2n) is 7.21. The monoisotopic (exact) mass is 283 g/mol. The van der Waals surface area contributed by atoms with Crippen LogP contribution in [0, 0.1) is 17.3 Å². The molecule has 0 spiro atoms. The van der Waals surface area contributed by atoms with Crippen molar-refractivity contribution in [2.45, 2.75) is 59.3 Å². The lowest BCUT2D eigenvalue weighted by Gasteiger charge is -2.37. The molecule has 1 rings (SSSR count). The molecule has 2 atom stereocenters. The Bertz CT molecular complexity index is 301. The molecule has 0 saturated heterocycles. The number of methoxy groups -OCH3 is 1. The van der Waals surface area contributed by atoms with Gasteiger partial charge in [-0.1, -0.05) is 33.6 Å². The molecule has 3 heteroatoms. The van der Waals surface area contributed by atoms with E-state index in [2.05, 4.69) is 20.8 Å². The smallest absolute Gasteiger partial charge is 0.225 e. The van der Waals surface area contributed by atoms with Gasteiger partial charge in [-0.3, -0.25) is 4.79 Å². The van der Waals surface area contributed by atoms with Gasteiger partial charge < -0.3 is 9.64 Å². The summed E-state index contributed by atoms with van der Waals surface area (Å²) in [5.41, 5.74) is 0.165. The third-order valence-corrected chi connectivity index (χ3v) is 4.51. The van der Waals surface area contributed by atoms with Crippen LogP contribution in [0.15, 0.2) is 0 Å². The van der Waals surface area contributed by atoms with E-state index in [0.717, 1.165) is 32.4 Å². The Morgan fingerprint density at radius 2 is 1.95 bits per heavy atom. The van der Waals surface area contributed by atoms with Gasteiger partial charge in [0, 0.05) is 26.6 Å². The van der Waals surface area contributed by atoms with Crippen LogP contribution in [0.1, 0.15) is 59.3 Å². The molecule has 0 radical (unpaired) electrons. The van der Waals surface area contributed by atoms with Gasteiger partial charge in [-0.2, -0.15) is 0 Å². The highest BCUT2D eigenvalue weighted by Gasteiger charge is 2.35. The van der Waals surface area contributed by atoms with E-state index < -0.39 is 0 Å². The Balaban J connectivity index is 2.69. The van der Waals surface area contributed by atoms with Crippen molar-refractivity contribution >= 4 is 5.91 Å². The summed E-state index contributed by atoms with van der Waals surface area (Å²) in [6.07, 6.45) is 6.88. The van der Waals surface area contributed by atoms with Gasteiger partial charge in [0.1, 0.15) is 0 Å². The minimum Gasteiger partial charge on any atom is -0.384 e. The predicted octanol–water partition coefficient (Wildman–Crippen LogP) is 3.72. The van der Waals surface area contributed by atoms with Crippen molar-refractivity contribution in [3.63, 3.8) is 0 Å². The van der Waals surface area contributed by atoms with Crippen LogP contribution in [0.25, 0.3) is 0 Å². The quantitative estimate of drug-likeness (QED) is 0.712. The number of hydrogen-bond acceptors (Lipinski definition) is 2. The van der Waals surface area contributed by atoms with Gasteiger partial charge in [0.25, 0.3) is 0 Å². The van der Waals surface area contributed by atoms with Gasteiger partial charge in [0.15, 0.2) is 0 Å². The molecule has 118 valence electrons. The molecule has 1 aliphatic carbocycles. The molecular formula is C17H33NO2. The number of rotatable bonds is 7. The minimum absolute atomic E-state index is 0.165. The van der Waals surface area contributed by atoms with Crippen molar-refractivity contribution in [2.24, 2.45) is 17.3 Å². The van der Waals surface area contributed by atoms with Crippen LogP contribution in [-0.2, 0) is 9.53 Å². The Labute approximate surface area is 125 Å². The van der Waals surface area contributed by atoms with E-state index in [4.69, 9.17) is 4.74 Å². The topological polar surface area (TPSA) is 29.5 Å². The maximum Gasteiger partial charge on any atom is 0.225 e. The molecule has 0 aromatic rings. The lowest BCUT2D eigenvalue weighted by atomic mass is 9.71. The first-order valence-corrected chi connectivity index (χ1v) is 8.15. The lowest BCUT2D eigenvalue weighted by molar-refractivity contribution is -0.137. The highest BCUT2D eigenvalue weighted by molar-refractivity contribution is 5.79. The first-order chi connectivity index (χ1) is 9.41. The molecule has 0 heterocycles. The average Bonchev–Trinajstić information content (AvgIpc) is 2.38. The number of amides is 1. The maximum absolute atomic E-state index is 12.6. The number of ether oxygens (including phenoxy) is 1. The van der Waals surface area contributed by atoms with Crippen molar-refractivity contribution < 1.29 is 9.53 Å². The van der Waals surface area contributed by atoms with E-state index in [-0.39, 0.29) is 11.3 Å². The molecule has 20 heavy (non-hydrogen) atoms. The van der Waals surface area contributed by atoms with E-state index in [1.165, 1.54) is 19.3 Å². The molecule has 1 fully saturated rings. The fourth-order valence-electron chi connectivity index (χ4n) is 3.67. The summed E-state index contributed by atoms with van der Waals surface area (Å²) in [5, 5.41) is 0. The van der Waals surface area contributed by atoms with Crippen LogP contribution < -0.4 is 0 Å². The average molecular weight is 283 g/mol. The summed E-state index contributed by atoms with van der Waals surface area (Å²) in [6, 6.07) is 0. The lowest BCUT2D eigenvalue weighted by Crippen LogP contribution is -2.40. The Kier molecular flexibility index (Phi) is 7.01. The summed E-state index contributed by atoms with van der Waals surface area (Å²) >= 11 is 0. The third kappa shape index (κ3) is 5.08. The van der Waals surface area contributed by atoms with Crippen molar-refractivity contribution in [3.8, 4) is 0 Å². The SMILES string of the molecule is CCCN(C)C(=O)C1CCCCC1CC(C)(C)COC. The summed E-state index contributed by atoms with van der Waals surface area (Å²) in [5.74, 6) is 1.13. The van der Waals surface area contributed by atoms with Gasteiger partial charge >= 0.3 is 0 Å². The van der Waals surface area contributed by atoms with Gasteiger partial charge in [0.05, 0.1) is 6.61 Å². The molecule has 2 unspecified atom stereocenters. The number of carbonyl (C=O) groups is 1. The maximum atomic E-state index is 12.6. The van der Waals surface area contributed by atoms with E-state index in [0.29, 0.717) is 11.8 Å². The molecule has 0 N–H and O–H groups in total. The summed E-state index contributed by atoms with van der Waals surface area (Å²) < 4.78 is 5.33. The van der Waals surface area contributed by atoms with Crippen LogP contribution in [0.5, 0.6) is 0 Å². The van der Waals surface area contributed by atoms with Crippen LogP contribution in [0.2, 0.25) is 0 Å². The molecular weight excluding hydrogens is 250 g/mol. The molecule has 0 bridgehead atoms. The summed E-state index contributed by atoms with van der Waals surface area (Å²) in [4.78, 5) is 14.6. The van der Waals surface area contributed by atoms with E-state index in [9.17, 15) is 4.79 Å². The van der Waals surface area contributed by atoms with Crippen molar-refractivity contribution in [3.05, 3.63) is 0 Å². The zero-order valence-electron chi connectivity index (χ0n) is 14.1.